The van der Waals surface area contributed by atoms with Gasteiger partial charge in [-0.05, 0) is 18.2 Å². The maximum absolute atomic E-state index is 12.6. The quantitative estimate of drug-likeness (QED) is 0.820. The number of aromatic amines is 1. The Morgan fingerprint density at radius 1 is 1.26 bits per heavy atom. The second-order valence-corrected chi connectivity index (χ2v) is 6.73. The number of nitrogens with one attached hydrogen (secondary N) is 1. The van der Waals surface area contributed by atoms with E-state index in [2.05, 4.69) is 15.1 Å². The second-order valence-electron chi connectivity index (χ2n) is 6.73. The molecule has 2 saturated heterocycles. The Balaban J connectivity index is 1.29. The van der Waals surface area contributed by atoms with Crippen LogP contribution in [-0.2, 0) is 11.3 Å². The fourth-order valence-electron chi connectivity index (χ4n) is 3.40. The predicted octanol–water partition coefficient (Wildman–Crippen LogP) is 1.15. The van der Waals surface area contributed by atoms with Crippen LogP contribution in [0.4, 0.5) is 0 Å². The van der Waals surface area contributed by atoms with Gasteiger partial charge in [0.05, 0.1) is 26.0 Å². The molecule has 0 saturated carbocycles. The van der Waals surface area contributed by atoms with Crippen molar-refractivity contribution in [3.63, 3.8) is 0 Å². The standard InChI is InChI=1S/C19H24N4O4/c1-25-17-4-2-3-5-18(17)27-13-14-10-16(21-20-14)19(24)23-11-15(12-23)22-6-8-26-9-7-22/h2-5,10,15H,6-9,11-13H2,1H3,(H,20,21). The van der Waals surface area contributed by atoms with Crippen molar-refractivity contribution in [1.82, 2.24) is 20.0 Å². The monoisotopic (exact) mass is 372 g/mol. The number of likely N-dealkylation sites (tertiary alicyclic amines) is 1. The van der Waals surface area contributed by atoms with Crippen LogP contribution in [0.5, 0.6) is 11.5 Å². The number of aromatic nitrogens is 2. The minimum atomic E-state index is -0.0423. The molecular formula is C19H24N4O4. The van der Waals surface area contributed by atoms with Crippen molar-refractivity contribution >= 4 is 5.91 Å². The number of morpholine rings is 1. The molecular weight excluding hydrogens is 348 g/mol. The first-order chi connectivity index (χ1) is 13.2. The highest BCUT2D eigenvalue weighted by Crippen LogP contribution is 2.26. The molecule has 0 radical (unpaired) electrons. The van der Waals surface area contributed by atoms with Crippen molar-refractivity contribution in [1.29, 1.82) is 0 Å². The molecule has 4 rings (SSSR count). The van der Waals surface area contributed by atoms with E-state index < -0.39 is 0 Å². The molecule has 0 spiro atoms. The highest BCUT2D eigenvalue weighted by molar-refractivity contribution is 5.93. The van der Waals surface area contributed by atoms with E-state index >= 15 is 0 Å². The molecule has 1 aromatic carbocycles. The van der Waals surface area contributed by atoms with Crippen LogP contribution < -0.4 is 9.47 Å². The molecule has 2 aliphatic rings. The van der Waals surface area contributed by atoms with Crippen LogP contribution in [-0.4, -0.2) is 78.4 Å². The summed E-state index contributed by atoms with van der Waals surface area (Å²) in [5.41, 5.74) is 1.17. The second kappa shape index (κ2) is 7.98. The summed E-state index contributed by atoms with van der Waals surface area (Å²) in [5.74, 6) is 1.28. The molecule has 27 heavy (non-hydrogen) atoms. The third kappa shape index (κ3) is 3.91. The normalized spacial score (nSPS) is 18.2. The lowest BCUT2D eigenvalue weighted by Crippen LogP contribution is -2.62. The van der Waals surface area contributed by atoms with Crippen LogP contribution in [0.25, 0.3) is 0 Å². The average molecular weight is 372 g/mol. The summed E-state index contributed by atoms with van der Waals surface area (Å²) in [4.78, 5) is 16.8. The molecule has 0 aliphatic carbocycles. The van der Waals surface area contributed by atoms with Crippen LogP contribution in [0.15, 0.2) is 30.3 Å². The number of hydrogen-bond acceptors (Lipinski definition) is 6. The first kappa shape index (κ1) is 17.8. The number of para-hydroxylation sites is 2. The molecule has 144 valence electrons. The Kier molecular flexibility index (Phi) is 5.26. The van der Waals surface area contributed by atoms with Gasteiger partial charge in [-0.15, -0.1) is 0 Å². The van der Waals surface area contributed by atoms with Crippen molar-refractivity contribution in [3.05, 3.63) is 41.7 Å². The van der Waals surface area contributed by atoms with Gasteiger partial charge >= 0.3 is 0 Å². The molecule has 2 fully saturated rings. The maximum atomic E-state index is 12.6. The minimum absolute atomic E-state index is 0.0423. The number of nitrogens with zero attached hydrogens (tertiary/aromatic N) is 3. The Labute approximate surface area is 158 Å². The summed E-state index contributed by atoms with van der Waals surface area (Å²) >= 11 is 0. The number of H-pyrrole nitrogens is 1. The predicted molar refractivity (Wildman–Crippen MR) is 98.0 cm³/mol. The summed E-state index contributed by atoms with van der Waals surface area (Å²) in [5, 5.41) is 7.03. The minimum Gasteiger partial charge on any atom is -0.493 e. The molecule has 8 heteroatoms. The lowest BCUT2D eigenvalue weighted by atomic mass is 10.1. The van der Waals surface area contributed by atoms with Crippen LogP contribution in [0.1, 0.15) is 16.2 Å². The van der Waals surface area contributed by atoms with Gasteiger partial charge in [-0.2, -0.15) is 5.10 Å². The number of methoxy groups -OCH3 is 1. The first-order valence-corrected chi connectivity index (χ1v) is 9.16. The Morgan fingerprint density at radius 2 is 2.00 bits per heavy atom. The number of amides is 1. The Morgan fingerprint density at radius 3 is 2.74 bits per heavy atom. The number of hydrogen-bond donors (Lipinski definition) is 1. The first-order valence-electron chi connectivity index (χ1n) is 9.16. The fraction of sp³-hybridized carbons (Fsp3) is 0.474. The molecule has 3 heterocycles. The molecule has 1 aromatic heterocycles. The zero-order valence-electron chi connectivity index (χ0n) is 15.4. The number of rotatable bonds is 6. The van der Waals surface area contributed by atoms with Crippen LogP contribution in [0.3, 0.4) is 0 Å². The largest absolute Gasteiger partial charge is 0.493 e. The summed E-state index contributed by atoms with van der Waals surface area (Å²) in [6.45, 7) is 5.23. The van der Waals surface area contributed by atoms with Gasteiger partial charge in [0.15, 0.2) is 17.2 Å². The lowest BCUT2D eigenvalue weighted by Gasteiger charge is -2.46. The number of carbonyl (C=O) groups is 1. The smallest absolute Gasteiger partial charge is 0.274 e. The van der Waals surface area contributed by atoms with Gasteiger partial charge in [0.1, 0.15) is 6.61 Å². The summed E-state index contributed by atoms with van der Waals surface area (Å²) in [6, 6.07) is 9.63. The maximum Gasteiger partial charge on any atom is 0.274 e. The highest BCUT2D eigenvalue weighted by Gasteiger charge is 2.36. The van der Waals surface area contributed by atoms with Crippen molar-refractivity contribution in [2.24, 2.45) is 0 Å². The van der Waals surface area contributed by atoms with E-state index in [0.717, 1.165) is 45.1 Å². The third-order valence-electron chi connectivity index (χ3n) is 5.01. The van der Waals surface area contributed by atoms with Crippen molar-refractivity contribution < 1.29 is 19.0 Å². The van der Waals surface area contributed by atoms with Gasteiger partial charge in [-0.25, -0.2) is 0 Å². The topological polar surface area (TPSA) is 79.9 Å². The molecule has 0 atom stereocenters. The summed E-state index contributed by atoms with van der Waals surface area (Å²) in [7, 11) is 1.60. The molecule has 1 amide bonds. The Hall–Kier alpha value is -2.58. The number of ether oxygens (including phenoxy) is 3. The average Bonchev–Trinajstić information content (AvgIpc) is 3.15. The third-order valence-corrected chi connectivity index (χ3v) is 5.01. The Bertz CT molecular complexity index is 782. The lowest BCUT2D eigenvalue weighted by molar-refractivity contribution is -0.0257. The van der Waals surface area contributed by atoms with Crippen LogP contribution in [0, 0.1) is 0 Å². The van der Waals surface area contributed by atoms with E-state index in [1.54, 1.807) is 13.2 Å². The van der Waals surface area contributed by atoms with Gasteiger partial charge in [0.2, 0.25) is 0 Å². The number of carbonyl (C=O) groups excluding carboxylic acids is 1. The molecule has 2 aliphatic heterocycles. The van der Waals surface area contributed by atoms with Gasteiger partial charge in [0, 0.05) is 32.2 Å². The van der Waals surface area contributed by atoms with Crippen LogP contribution >= 0.6 is 0 Å². The van der Waals surface area contributed by atoms with Gasteiger partial charge in [-0.3, -0.25) is 14.8 Å². The van der Waals surface area contributed by atoms with E-state index in [4.69, 9.17) is 14.2 Å². The molecule has 8 nitrogen and oxygen atoms in total. The van der Waals surface area contributed by atoms with E-state index in [1.807, 2.05) is 29.2 Å². The van der Waals surface area contributed by atoms with E-state index in [9.17, 15) is 4.79 Å². The number of benzene rings is 1. The van der Waals surface area contributed by atoms with Gasteiger partial charge < -0.3 is 19.1 Å². The fourth-order valence-corrected chi connectivity index (χ4v) is 3.40. The van der Waals surface area contributed by atoms with Crippen molar-refractivity contribution in [2.45, 2.75) is 12.6 Å². The van der Waals surface area contributed by atoms with E-state index in [1.165, 1.54) is 0 Å². The van der Waals surface area contributed by atoms with Crippen molar-refractivity contribution in [2.75, 3.05) is 46.5 Å². The zero-order valence-corrected chi connectivity index (χ0v) is 15.4. The zero-order chi connectivity index (χ0) is 18.6. The summed E-state index contributed by atoms with van der Waals surface area (Å²) in [6.07, 6.45) is 0. The molecule has 2 aromatic rings. The highest BCUT2D eigenvalue weighted by atomic mass is 16.5. The molecule has 0 unspecified atom stereocenters. The molecule has 1 N–H and O–H groups in total. The van der Waals surface area contributed by atoms with E-state index in [-0.39, 0.29) is 12.5 Å². The summed E-state index contributed by atoms with van der Waals surface area (Å²) < 4.78 is 16.4. The van der Waals surface area contributed by atoms with Crippen molar-refractivity contribution in [3.8, 4) is 11.5 Å². The SMILES string of the molecule is COc1ccccc1OCc1cc(C(=O)N2CC(N3CCOCC3)C2)n[nH]1. The van der Waals surface area contributed by atoms with Gasteiger partial charge in [0.25, 0.3) is 5.91 Å². The van der Waals surface area contributed by atoms with Gasteiger partial charge in [-0.1, -0.05) is 12.1 Å². The van der Waals surface area contributed by atoms with Crippen LogP contribution in [0.2, 0.25) is 0 Å². The van der Waals surface area contributed by atoms with E-state index in [0.29, 0.717) is 23.2 Å². The molecule has 0 bridgehead atoms.